The lowest BCUT2D eigenvalue weighted by Gasteiger charge is -2.12. The fraction of sp³-hybridized carbons (Fsp3) is 0.375. The maximum Gasteiger partial charge on any atom is 0.187 e. The molecule has 5 heteroatoms. The summed E-state index contributed by atoms with van der Waals surface area (Å²) in [7, 11) is 0. The van der Waals surface area contributed by atoms with Gasteiger partial charge in [0.25, 0.3) is 0 Å². The van der Waals surface area contributed by atoms with Gasteiger partial charge in [-0.1, -0.05) is 0 Å². The van der Waals surface area contributed by atoms with Gasteiger partial charge in [0, 0.05) is 6.20 Å². The van der Waals surface area contributed by atoms with E-state index in [1.807, 2.05) is 12.1 Å². The highest BCUT2D eigenvalue weighted by atomic mass is 16.7. The second-order valence-electron chi connectivity index (χ2n) is 2.66. The quantitative estimate of drug-likeness (QED) is 0.511. The summed E-state index contributed by atoms with van der Waals surface area (Å²) in [5.74, 6) is 5.89. The molecular weight excluding hydrogens is 170 g/mol. The first-order chi connectivity index (χ1) is 6.42. The Hall–Kier alpha value is -1.17. The summed E-state index contributed by atoms with van der Waals surface area (Å²) in [6, 6.07) is 3.69. The Morgan fingerprint density at radius 2 is 2.23 bits per heavy atom. The third kappa shape index (κ3) is 1.62. The predicted molar refractivity (Wildman–Crippen MR) is 46.7 cm³/mol. The van der Waals surface area contributed by atoms with Crippen LogP contribution in [-0.4, -0.2) is 18.2 Å². The van der Waals surface area contributed by atoms with E-state index in [0.29, 0.717) is 19.0 Å². The topological polar surface area (TPSA) is 69.4 Å². The first-order valence-electron chi connectivity index (χ1n) is 4.06. The number of pyridine rings is 1. The summed E-state index contributed by atoms with van der Waals surface area (Å²) >= 11 is 0. The van der Waals surface area contributed by atoms with Crippen molar-refractivity contribution in [1.29, 1.82) is 0 Å². The lowest BCUT2D eigenvalue weighted by atomic mass is 10.2. The van der Waals surface area contributed by atoms with Gasteiger partial charge in [0.1, 0.15) is 5.82 Å². The van der Waals surface area contributed by atoms with Crippen LogP contribution in [0.1, 0.15) is 11.9 Å². The van der Waals surface area contributed by atoms with Gasteiger partial charge >= 0.3 is 0 Å². The van der Waals surface area contributed by atoms with Crippen molar-refractivity contribution in [2.24, 2.45) is 5.84 Å². The maximum atomic E-state index is 5.32. The van der Waals surface area contributed by atoms with Crippen molar-refractivity contribution >= 4 is 5.82 Å². The molecule has 3 N–H and O–H groups in total. The van der Waals surface area contributed by atoms with Gasteiger partial charge in [0.2, 0.25) is 0 Å². The second kappa shape index (κ2) is 3.69. The minimum absolute atomic E-state index is 0.334. The molecule has 0 aliphatic carbocycles. The van der Waals surface area contributed by atoms with Crippen LogP contribution >= 0.6 is 0 Å². The Morgan fingerprint density at radius 3 is 2.92 bits per heavy atom. The van der Waals surface area contributed by atoms with E-state index in [0.717, 1.165) is 5.56 Å². The molecule has 5 nitrogen and oxygen atoms in total. The van der Waals surface area contributed by atoms with Crippen LogP contribution in [-0.2, 0) is 9.47 Å². The van der Waals surface area contributed by atoms with Crippen molar-refractivity contribution in [3.05, 3.63) is 23.9 Å². The Balaban J connectivity index is 2.26. The minimum atomic E-state index is -0.334. The van der Waals surface area contributed by atoms with E-state index in [2.05, 4.69) is 10.4 Å². The van der Waals surface area contributed by atoms with Gasteiger partial charge < -0.3 is 14.9 Å². The number of rotatable bonds is 2. The summed E-state index contributed by atoms with van der Waals surface area (Å²) in [5, 5.41) is 0. The summed E-state index contributed by atoms with van der Waals surface area (Å²) < 4.78 is 10.6. The summed E-state index contributed by atoms with van der Waals surface area (Å²) in [4.78, 5) is 4.05. The van der Waals surface area contributed by atoms with Crippen molar-refractivity contribution in [1.82, 2.24) is 4.98 Å². The summed E-state index contributed by atoms with van der Waals surface area (Å²) in [6.07, 6.45) is 1.33. The van der Waals surface area contributed by atoms with E-state index in [4.69, 9.17) is 15.3 Å². The van der Waals surface area contributed by atoms with Gasteiger partial charge in [-0.2, -0.15) is 0 Å². The highest BCUT2D eigenvalue weighted by Gasteiger charge is 2.21. The number of nitrogens with one attached hydrogen (secondary N) is 1. The molecule has 70 valence electrons. The van der Waals surface area contributed by atoms with Crippen molar-refractivity contribution in [3.63, 3.8) is 0 Å². The molecule has 0 saturated carbocycles. The normalized spacial score (nSPS) is 17.6. The van der Waals surface area contributed by atoms with Crippen LogP contribution in [0.5, 0.6) is 0 Å². The molecule has 2 heterocycles. The highest BCUT2D eigenvalue weighted by molar-refractivity contribution is 5.43. The van der Waals surface area contributed by atoms with E-state index in [1.54, 1.807) is 6.20 Å². The van der Waals surface area contributed by atoms with Crippen molar-refractivity contribution in [2.45, 2.75) is 6.29 Å². The van der Waals surface area contributed by atoms with Gasteiger partial charge in [-0.15, -0.1) is 0 Å². The Labute approximate surface area is 75.8 Å². The number of anilines is 1. The first-order valence-corrected chi connectivity index (χ1v) is 4.06. The average molecular weight is 181 g/mol. The van der Waals surface area contributed by atoms with E-state index in [9.17, 15) is 0 Å². The molecule has 13 heavy (non-hydrogen) atoms. The number of nitrogens with zero attached hydrogens (tertiary/aromatic N) is 1. The maximum absolute atomic E-state index is 5.32. The fourth-order valence-electron chi connectivity index (χ4n) is 1.27. The Bertz CT molecular complexity index is 286. The summed E-state index contributed by atoms with van der Waals surface area (Å²) in [6.45, 7) is 1.23. The lowest BCUT2D eigenvalue weighted by Crippen LogP contribution is -2.13. The third-order valence-corrected chi connectivity index (χ3v) is 1.85. The molecule has 0 spiro atoms. The standard InChI is InChI=1S/C8H11N3O2/c9-11-7-6(2-1-3-10-7)8-12-4-5-13-8/h1-3,8H,4-5,9H2,(H,10,11). The van der Waals surface area contributed by atoms with Crippen LogP contribution in [0.25, 0.3) is 0 Å². The zero-order chi connectivity index (χ0) is 9.10. The van der Waals surface area contributed by atoms with Crippen LogP contribution in [0.2, 0.25) is 0 Å². The molecule has 2 rings (SSSR count). The number of hydrogen-bond donors (Lipinski definition) is 2. The lowest BCUT2D eigenvalue weighted by molar-refractivity contribution is -0.0437. The number of hydrazine groups is 1. The molecule has 0 bridgehead atoms. The zero-order valence-electron chi connectivity index (χ0n) is 7.06. The van der Waals surface area contributed by atoms with Crippen LogP contribution in [0.15, 0.2) is 18.3 Å². The average Bonchev–Trinajstić information content (AvgIpc) is 2.70. The molecule has 0 amide bonds. The molecule has 1 fully saturated rings. The van der Waals surface area contributed by atoms with Gasteiger partial charge in [-0.05, 0) is 12.1 Å². The fourth-order valence-corrected chi connectivity index (χ4v) is 1.27. The van der Waals surface area contributed by atoms with Gasteiger partial charge in [-0.3, -0.25) is 0 Å². The van der Waals surface area contributed by atoms with Crippen LogP contribution in [0, 0.1) is 0 Å². The zero-order valence-corrected chi connectivity index (χ0v) is 7.06. The van der Waals surface area contributed by atoms with Gasteiger partial charge in [0.05, 0.1) is 18.8 Å². The third-order valence-electron chi connectivity index (χ3n) is 1.85. The second-order valence-corrected chi connectivity index (χ2v) is 2.66. The van der Waals surface area contributed by atoms with E-state index >= 15 is 0 Å². The molecule has 1 aliphatic heterocycles. The molecule has 1 aromatic rings. The molecule has 1 saturated heterocycles. The number of nitrogens with two attached hydrogens (primary N) is 1. The number of nitrogen functional groups attached to an aromatic ring is 1. The van der Waals surface area contributed by atoms with Crippen molar-refractivity contribution in [2.75, 3.05) is 18.6 Å². The Kier molecular flexibility index (Phi) is 2.40. The molecular formula is C8H11N3O2. The predicted octanol–water partition coefficient (Wildman–Crippen LogP) is 0.413. The van der Waals surface area contributed by atoms with E-state index in [1.165, 1.54) is 0 Å². The van der Waals surface area contributed by atoms with E-state index in [-0.39, 0.29) is 6.29 Å². The van der Waals surface area contributed by atoms with Crippen LogP contribution in [0.4, 0.5) is 5.82 Å². The molecule has 1 aromatic heterocycles. The molecule has 0 unspecified atom stereocenters. The molecule has 0 radical (unpaired) electrons. The first kappa shape index (κ1) is 8.43. The largest absolute Gasteiger partial charge is 0.346 e. The highest BCUT2D eigenvalue weighted by Crippen LogP contribution is 2.27. The van der Waals surface area contributed by atoms with Crippen molar-refractivity contribution in [3.8, 4) is 0 Å². The van der Waals surface area contributed by atoms with Gasteiger partial charge in [-0.25, -0.2) is 10.8 Å². The molecule has 0 atom stereocenters. The number of aromatic nitrogens is 1. The smallest absolute Gasteiger partial charge is 0.187 e. The van der Waals surface area contributed by atoms with Crippen molar-refractivity contribution < 1.29 is 9.47 Å². The molecule has 1 aliphatic rings. The van der Waals surface area contributed by atoms with Crippen LogP contribution < -0.4 is 11.3 Å². The molecule has 0 aromatic carbocycles. The van der Waals surface area contributed by atoms with Gasteiger partial charge in [0.15, 0.2) is 6.29 Å². The van der Waals surface area contributed by atoms with Crippen LogP contribution in [0.3, 0.4) is 0 Å². The monoisotopic (exact) mass is 181 g/mol. The Morgan fingerprint density at radius 1 is 1.46 bits per heavy atom. The van der Waals surface area contributed by atoms with E-state index < -0.39 is 0 Å². The summed E-state index contributed by atoms with van der Waals surface area (Å²) in [5.41, 5.74) is 3.34. The number of hydrogen-bond acceptors (Lipinski definition) is 5. The number of ether oxygens (including phenoxy) is 2. The SMILES string of the molecule is NNc1ncccc1C1OCCO1. The minimum Gasteiger partial charge on any atom is -0.346 e.